The van der Waals surface area contributed by atoms with Crippen LogP contribution in [0.1, 0.15) is 62.0 Å². The van der Waals surface area contributed by atoms with Crippen molar-refractivity contribution in [3.8, 4) is 0 Å². The van der Waals surface area contributed by atoms with Gasteiger partial charge in [0, 0.05) is 67.4 Å². The molecule has 3 aliphatic rings. The van der Waals surface area contributed by atoms with Crippen molar-refractivity contribution in [2.24, 2.45) is 5.92 Å². The molecule has 0 saturated carbocycles. The second-order valence-electron chi connectivity index (χ2n) is 13.3. The molecule has 0 spiro atoms. The first kappa shape index (κ1) is 31.1. The van der Waals surface area contributed by atoms with Gasteiger partial charge < -0.3 is 14.2 Å². The fraction of sp³-hybridized carbons (Fsp3) is 0.500. The summed E-state index contributed by atoms with van der Waals surface area (Å²) in [6, 6.07) is 11.5. The molecule has 2 amide bonds. The number of fused-ring (bicyclic) bond motifs is 2. The Bertz CT molecular complexity index is 1450. The Kier molecular flexibility index (Phi) is 9.09. The van der Waals surface area contributed by atoms with Crippen LogP contribution in [-0.2, 0) is 28.9 Å². The third-order valence-corrected chi connectivity index (χ3v) is 9.62. The summed E-state index contributed by atoms with van der Waals surface area (Å²) < 4.78 is 8.97. The number of rotatable bonds is 4. The van der Waals surface area contributed by atoms with Gasteiger partial charge in [-0.05, 0) is 115 Å². The molecule has 10 heteroatoms. The zero-order valence-electron chi connectivity index (χ0n) is 25.7. The highest BCUT2D eigenvalue weighted by atomic mass is 79.9. The number of hydrogen-bond donors (Lipinski definition) is 0. The van der Waals surface area contributed by atoms with Gasteiger partial charge in [-0.25, -0.2) is 4.79 Å². The zero-order valence-corrected chi connectivity index (χ0v) is 28.1. The van der Waals surface area contributed by atoms with Gasteiger partial charge in [0.25, 0.3) is 0 Å². The van der Waals surface area contributed by atoms with Gasteiger partial charge in [-0.3, -0.25) is 19.6 Å². The van der Waals surface area contributed by atoms with E-state index in [9.17, 15) is 9.59 Å². The lowest BCUT2D eigenvalue weighted by Crippen LogP contribution is -2.63. The van der Waals surface area contributed by atoms with E-state index in [1.165, 1.54) is 11.1 Å². The number of pyridine rings is 1. The molecule has 234 valence electrons. The molecule has 1 unspecified atom stereocenters. The average molecular weight is 683 g/mol. The second-order valence-corrected chi connectivity index (χ2v) is 14.7. The van der Waals surface area contributed by atoms with Crippen molar-refractivity contribution in [3.63, 3.8) is 0 Å². The van der Waals surface area contributed by atoms with Gasteiger partial charge in [0.15, 0.2) is 0 Å². The summed E-state index contributed by atoms with van der Waals surface area (Å²) in [6.45, 7) is 9.21. The van der Waals surface area contributed by atoms with Crippen LogP contribution < -0.4 is 0 Å². The number of piperazine rings is 1. The van der Waals surface area contributed by atoms with Crippen LogP contribution in [0.25, 0.3) is 0 Å². The summed E-state index contributed by atoms with van der Waals surface area (Å²) in [5, 5.41) is 0.713. The molecule has 2 saturated heterocycles. The third kappa shape index (κ3) is 6.85. The maximum absolute atomic E-state index is 14.5. The number of likely N-dealkylation sites (tertiary alicyclic amines) is 1. The number of aromatic nitrogens is 2. The van der Waals surface area contributed by atoms with Gasteiger partial charge in [-0.15, -0.1) is 0 Å². The van der Waals surface area contributed by atoms with Crippen LogP contribution in [0.3, 0.4) is 0 Å². The normalized spacial score (nSPS) is 22.6. The first-order chi connectivity index (χ1) is 21.1. The van der Waals surface area contributed by atoms with Crippen molar-refractivity contribution >= 4 is 39.5 Å². The summed E-state index contributed by atoms with van der Waals surface area (Å²) in [4.78, 5) is 39.0. The number of piperidine rings is 1. The lowest BCUT2D eigenvalue weighted by molar-refractivity contribution is -0.141. The van der Waals surface area contributed by atoms with E-state index >= 15 is 0 Å². The number of benzene rings is 1. The van der Waals surface area contributed by atoms with Gasteiger partial charge in [0.2, 0.25) is 5.91 Å². The zero-order chi connectivity index (χ0) is 31.0. The van der Waals surface area contributed by atoms with Crippen molar-refractivity contribution in [2.75, 3.05) is 32.7 Å². The highest BCUT2D eigenvalue weighted by Crippen LogP contribution is 2.39. The van der Waals surface area contributed by atoms with Crippen LogP contribution in [-0.4, -0.2) is 80.6 Å². The standard InChI is InChI=1S/C34H41BrClN5O3/c1-34(2,3)44-33(43)41-16-15-39(22-29(41)32(42)40-14-6-7-23(21-40)20-38-12-4-5-13-38)31-28-11-10-27(36)18-24(28)8-9-25-17-26(35)19-37-30(25)31/h4-5,10-13,17-19,23,29,31H,6-9,14-16,20-22H2,1-3H3/t23-,29-,31?/m1/s1. The third-order valence-electron chi connectivity index (χ3n) is 8.95. The highest BCUT2D eigenvalue weighted by Gasteiger charge is 2.43. The first-order valence-electron chi connectivity index (χ1n) is 15.6. The summed E-state index contributed by atoms with van der Waals surface area (Å²) in [7, 11) is 0. The molecule has 2 fully saturated rings. The Labute approximate surface area is 273 Å². The Hall–Kier alpha value is -2.88. The van der Waals surface area contributed by atoms with E-state index < -0.39 is 17.7 Å². The average Bonchev–Trinajstić information content (AvgIpc) is 3.44. The van der Waals surface area contributed by atoms with Crippen LogP contribution in [0.4, 0.5) is 4.79 Å². The van der Waals surface area contributed by atoms with Crippen molar-refractivity contribution in [3.05, 3.63) is 86.9 Å². The molecule has 2 aliphatic heterocycles. The molecule has 0 N–H and O–H groups in total. The predicted octanol–water partition coefficient (Wildman–Crippen LogP) is 6.35. The fourth-order valence-corrected chi connectivity index (χ4v) is 7.56. The maximum atomic E-state index is 14.5. The quantitative estimate of drug-likeness (QED) is 0.321. The van der Waals surface area contributed by atoms with Gasteiger partial charge >= 0.3 is 6.09 Å². The number of carbonyl (C=O) groups is 2. The van der Waals surface area contributed by atoms with Crippen molar-refractivity contribution in [1.82, 2.24) is 24.3 Å². The lowest BCUT2D eigenvalue weighted by atomic mass is 9.94. The number of carbonyl (C=O) groups excluding carboxylic acids is 2. The molecule has 4 heterocycles. The van der Waals surface area contributed by atoms with Gasteiger partial charge in [0.1, 0.15) is 11.6 Å². The number of nitrogens with zero attached hydrogens (tertiary/aromatic N) is 5. The van der Waals surface area contributed by atoms with Gasteiger partial charge in [0.05, 0.1) is 11.7 Å². The second kappa shape index (κ2) is 12.9. The molecular formula is C34H41BrClN5O3. The van der Waals surface area contributed by atoms with E-state index in [2.05, 4.69) is 56.0 Å². The van der Waals surface area contributed by atoms with E-state index in [-0.39, 0.29) is 11.9 Å². The molecule has 0 bridgehead atoms. The molecule has 3 atom stereocenters. The minimum Gasteiger partial charge on any atom is -0.444 e. The molecule has 2 aromatic heterocycles. The van der Waals surface area contributed by atoms with Crippen LogP contribution in [0.15, 0.2) is 59.5 Å². The summed E-state index contributed by atoms with van der Waals surface area (Å²) in [6.07, 6.45) is 9.30. The number of aryl methyl sites for hydroxylation is 2. The minimum absolute atomic E-state index is 0.00768. The van der Waals surface area contributed by atoms with Crippen molar-refractivity contribution < 1.29 is 14.3 Å². The van der Waals surface area contributed by atoms with Crippen LogP contribution in [0.2, 0.25) is 5.02 Å². The van der Waals surface area contributed by atoms with Crippen LogP contribution in [0, 0.1) is 5.92 Å². The van der Waals surface area contributed by atoms with Crippen LogP contribution in [0.5, 0.6) is 0 Å². The lowest BCUT2D eigenvalue weighted by Gasteiger charge is -2.46. The van der Waals surface area contributed by atoms with E-state index in [0.717, 1.165) is 48.0 Å². The number of ether oxygens (including phenoxy) is 1. The Morgan fingerprint density at radius 2 is 1.82 bits per heavy atom. The molecule has 6 rings (SSSR count). The molecular weight excluding hydrogens is 642 g/mol. The molecule has 1 aliphatic carbocycles. The predicted molar refractivity (Wildman–Crippen MR) is 175 cm³/mol. The number of amides is 2. The summed E-state index contributed by atoms with van der Waals surface area (Å²) in [5.74, 6) is 0.356. The van der Waals surface area contributed by atoms with Crippen molar-refractivity contribution in [2.45, 2.75) is 70.7 Å². The molecule has 44 heavy (non-hydrogen) atoms. The molecule has 3 aromatic rings. The first-order valence-corrected chi connectivity index (χ1v) is 16.8. The number of hydrogen-bond acceptors (Lipinski definition) is 5. The summed E-state index contributed by atoms with van der Waals surface area (Å²) in [5.41, 5.74) is 3.86. The van der Waals surface area contributed by atoms with Crippen LogP contribution >= 0.6 is 27.5 Å². The van der Waals surface area contributed by atoms with E-state index in [0.29, 0.717) is 43.7 Å². The number of halogens is 2. The fourth-order valence-electron chi connectivity index (χ4n) is 6.99. The molecule has 8 nitrogen and oxygen atoms in total. The monoisotopic (exact) mass is 681 g/mol. The smallest absolute Gasteiger partial charge is 0.411 e. The molecule has 1 aromatic carbocycles. The summed E-state index contributed by atoms with van der Waals surface area (Å²) >= 11 is 10.1. The van der Waals surface area contributed by atoms with Gasteiger partial charge in [-0.1, -0.05) is 17.7 Å². The Morgan fingerprint density at radius 1 is 1.05 bits per heavy atom. The topological polar surface area (TPSA) is 70.9 Å². The van der Waals surface area contributed by atoms with E-state index in [1.54, 1.807) is 4.90 Å². The largest absolute Gasteiger partial charge is 0.444 e. The van der Waals surface area contributed by atoms with Crippen molar-refractivity contribution in [1.29, 1.82) is 0 Å². The maximum Gasteiger partial charge on any atom is 0.411 e. The molecule has 0 radical (unpaired) electrons. The van der Waals surface area contributed by atoms with E-state index in [4.69, 9.17) is 21.3 Å². The minimum atomic E-state index is -0.665. The van der Waals surface area contributed by atoms with E-state index in [1.807, 2.05) is 50.1 Å². The van der Waals surface area contributed by atoms with Gasteiger partial charge in [-0.2, -0.15) is 0 Å². The SMILES string of the molecule is CC(C)(C)OC(=O)N1CCN(C2c3ccc(Cl)cc3CCc3cc(Br)cnc32)C[C@@H]1C(=O)N1CCC[C@H](Cn2cccc2)C1. The highest BCUT2D eigenvalue weighted by molar-refractivity contribution is 9.10. The Morgan fingerprint density at radius 3 is 2.59 bits per heavy atom. The Balaban J connectivity index is 1.32.